The second-order valence-corrected chi connectivity index (χ2v) is 4.30. The average Bonchev–Trinajstić information content (AvgIpc) is 2.39. The lowest BCUT2D eigenvalue weighted by Gasteiger charge is -2.09. The molecule has 1 aromatic heterocycles. The fourth-order valence-corrected chi connectivity index (χ4v) is 1.77. The van der Waals surface area contributed by atoms with Crippen LogP contribution in [0.5, 0.6) is 5.75 Å². The first-order valence-electron chi connectivity index (χ1n) is 5.11. The van der Waals surface area contributed by atoms with Crippen molar-refractivity contribution in [2.75, 3.05) is 12.4 Å². The van der Waals surface area contributed by atoms with Crippen molar-refractivity contribution in [1.29, 1.82) is 0 Å². The van der Waals surface area contributed by atoms with Crippen molar-refractivity contribution in [2.45, 2.75) is 6.54 Å². The summed E-state index contributed by atoms with van der Waals surface area (Å²) in [5.41, 5.74) is 2.01. The van der Waals surface area contributed by atoms with Crippen molar-refractivity contribution in [3.8, 4) is 5.75 Å². The molecule has 0 saturated carbocycles. The first-order chi connectivity index (χ1) is 8.29. The summed E-state index contributed by atoms with van der Waals surface area (Å²) in [6.45, 7) is 0.673. The Balaban J connectivity index is 2.08. The van der Waals surface area contributed by atoms with Crippen LogP contribution in [-0.2, 0) is 6.54 Å². The molecule has 2 aromatic rings. The molecular formula is C12H12BrN3O. The maximum Gasteiger partial charge on any atom is 0.121 e. The van der Waals surface area contributed by atoms with Crippen molar-refractivity contribution in [2.24, 2.45) is 0 Å². The largest absolute Gasteiger partial charge is 0.497 e. The summed E-state index contributed by atoms with van der Waals surface area (Å²) in [5.74, 6) is 0.819. The van der Waals surface area contributed by atoms with E-state index in [0.717, 1.165) is 21.5 Å². The standard InChI is InChI=1S/C12H12BrN3O/c1-17-10-2-3-11(13)12(4-10)16-7-9-5-14-8-15-6-9/h2-6,8,16H,7H2,1H3. The second-order valence-electron chi connectivity index (χ2n) is 3.45. The first-order valence-corrected chi connectivity index (χ1v) is 5.90. The van der Waals surface area contributed by atoms with Gasteiger partial charge in [-0.1, -0.05) is 0 Å². The number of nitrogens with one attached hydrogen (secondary N) is 1. The molecule has 0 spiro atoms. The smallest absolute Gasteiger partial charge is 0.121 e. The quantitative estimate of drug-likeness (QED) is 0.942. The Bertz CT molecular complexity index is 490. The predicted octanol–water partition coefficient (Wildman–Crippen LogP) is 2.86. The van der Waals surface area contributed by atoms with Crippen LogP contribution in [0.15, 0.2) is 41.4 Å². The van der Waals surface area contributed by atoms with Crippen LogP contribution in [0.2, 0.25) is 0 Å². The maximum absolute atomic E-state index is 5.18. The highest BCUT2D eigenvalue weighted by molar-refractivity contribution is 9.10. The lowest BCUT2D eigenvalue weighted by atomic mass is 10.2. The Labute approximate surface area is 108 Å². The van der Waals surface area contributed by atoms with Gasteiger partial charge in [0.15, 0.2) is 0 Å². The van der Waals surface area contributed by atoms with Gasteiger partial charge in [0.05, 0.1) is 12.8 Å². The van der Waals surface area contributed by atoms with Gasteiger partial charge in [0.2, 0.25) is 0 Å². The van der Waals surface area contributed by atoms with Crippen LogP contribution in [0, 0.1) is 0 Å². The van der Waals surface area contributed by atoms with Crippen molar-refractivity contribution in [3.63, 3.8) is 0 Å². The normalized spacial score (nSPS) is 10.0. The van der Waals surface area contributed by atoms with Crippen LogP contribution >= 0.6 is 15.9 Å². The third-order valence-corrected chi connectivity index (χ3v) is 2.96. The van der Waals surface area contributed by atoms with Gasteiger partial charge in [-0.25, -0.2) is 9.97 Å². The van der Waals surface area contributed by atoms with Gasteiger partial charge in [-0.05, 0) is 28.1 Å². The molecule has 4 nitrogen and oxygen atoms in total. The Morgan fingerprint density at radius 3 is 2.76 bits per heavy atom. The van der Waals surface area contributed by atoms with Crippen LogP contribution in [0.4, 0.5) is 5.69 Å². The number of anilines is 1. The molecule has 2 rings (SSSR count). The summed E-state index contributed by atoms with van der Waals surface area (Å²) in [6, 6.07) is 5.79. The van der Waals surface area contributed by atoms with Crippen molar-refractivity contribution < 1.29 is 4.74 Å². The van der Waals surface area contributed by atoms with Crippen molar-refractivity contribution in [3.05, 3.63) is 47.0 Å². The highest BCUT2D eigenvalue weighted by Crippen LogP contribution is 2.27. The first kappa shape index (κ1) is 11.9. The predicted molar refractivity (Wildman–Crippen MR) is 70.1 cm³/mol. The van der Waals surface area contributed by atoms with Gasteiger partial charge in [0.25, 0.3) is 0 Å². The van der Waals surface area contributed by atoms with E-state index in [9.17, 15) is 0 Å². The Kier molecular flexibility index (Phi) is 3.93. The van der Waals surface area contributed by atoms with Crippen LogP contribution in [-0.4, -0.2) is 17.1 Å². The number of rotatable bonds is 4. The number of benzene rings is 1. The molecular weight excluding hydrogens is 282 g/mol. The number of ether oxygens (including phenoxy) is 1. The lowest BCUT2D eigenvalue weighted by molar-refractivity contribution is 0.415. The maximum atomic E-state index is 5.18. The minimum absolute atomic E-state index is 0.673. The molecule has 1 heterocycles. The number of halogens is 1. The molecule has 0 saturated heterocycles. The van der Waals surface area contributed by atoms with Crippen LogP contribution < -0.4 is 10.1 Å². The molecule has 1 aromatic carbocycles. The molecule has 0 aliphatic carbocycles. The molecule has 0 aliphatic rings. The van der Waals surface area contributed by atoms with E-state index >= 15 is 0 Å². The number of methoxy groups -OCH3 is 1. The molecule has 0 fully saturated rings. The zero-order valence-corrected chi connectivity index (χ0v) is 10.9. The Hall–Kier alpha value is -1.62. The number of hydrogen-bond donors (Lipinski definition) is 1. The summed E-state index contributed by atoms with van der Waals surface area (Å²) >= 11 is 3.48. The summed E-state index contributed by atoms with van der Waals surface area (Å²) < 4.78 is 6.17. The zero-order chi connectivity index (χ0) is 12.1. The third kappa shape index (κ3) is 3.17. The number of nitrogens with zero attached hydrogens (tertiary/aromatic N) is 2. The molecule has 0 bridgehead atoms. The van der Waals surface area contributed by atoms with Gasteiger partial charge >= 0.3 is 0 Å². The monoisotopic (exact) mass is 293 g/mol. The van der Waals surface area contributed by atoms with E-state index in [1.165, 1.54) is 6.33 Å². The molecule has 1 N–H and O–H groups in total. The van der Waals surface area contributed by atoms with E-state index in [4.69, 9.17) is 4.74 Å². The molecule has 0 radical (unpaired) electrons. The number of aromatic nitrogens is 2. The molecule has 0 aliphatic heterocycles. The molecule has 0 amide bonds. The van der Waals surface area contributed by atoms with Crippen molar-refractivity contribution in [1.82, 2.24) is 9.97 Å². The Morgan fingerprint density at radius 2 is 2.06 bits per heavy atom. The summed E-state index contributed by atoms with van der Waals surface area (Å²) in [5, 5.41) is 3.30. The van der Waals surface area contributed by atoms with Crippen LogP contribution in [0.25, 0.3) is 0 Å². The van der Waals surface area contributed by atoms with Gasteiger partial charge in [0, 0.05) is 35.0 Å². The summed E-state index contributed by atoms with van der Waals surface area (Å²) in [4.78, 5) is 7.93. The fourth-order valence-electron chi connectivity index (χ4n) is 1.39. The zero-order valence-electron chi connectivity index (χ0n) is 9.35. The van der Waals surface area contributed by atoms with Gasteiger partial charge < -0.3 is 10.1 Å². The highest BCUT2D eigenvalue weighted by atomic mass is 79.9. The minimum atomic E-state index is 0.673. The number of hydrogen-bond acceptors (Lipinski definition) is 4. The minimum Gasteiger partial charge on any atom is -0.497 e. The van der Waals surface area contributed by atoms with Gasteiger partial charge in [-0.15, -0.1) is 0 Å². The molecule has 88 valence electrons. The Morgan fingerprint density at radius 1 is 1.29 bits per heavy atom. The van der Waals surface area contributed by atoms with Crippen LogP contribution in [0.1, 0.15) is 5.56 Å². The van der Waals surface area contributed by atoms with E-state index in [0.29, 0.717) is 6.54 Å². The molecule has 0 unspecified atom stereocenters. The van der Waals surface area contributed by atoms with Crippen LogP contribution in [0.3, 0.4) is 0 Å². The van der Waals surface area contributed by atoms with E-state index in [1.807, 2.05) is 18.2 Å². The van der Waals surface area contributed by atoms with E-state index < -0.39 is 0 Å². The second kappa shape index (κ2) is 5.63. The van der Waals surface area contributed by atoms with E-state index in [-0.39, 0.29) is 0 Å². The molecule has 17 heavy (non-hydrogen) atoms. The lowest BCUT2D eigenvalue weighted by Crippen LogP contribution is -2.01. The van der Waals surface area contributed by atoms with Gasteiger partial charge in [0.1, 0.15) is 12.1 Å². The third-order valence-electron chi connectivity index (χ3n) is 2.27. The van der Waals surface area contributed by atoms with Gasteiger partial charge in [-0.3, -0.25) is 0 Å². The molecule has 5 heteroatoms. The molecule has 0 atom stereocenters. The summed E-state index contributed by atoms with van der Waals surface area (Å²) in [7, 11) is 1.65. The average molecular weight is 294 g/mol. The SMILES string of the molecule is COc1ccc(Br)c(NCc2cncnc2)c1. The highest BCUT2D eigenvalue weighted by Gasteiger charge is 2.02. The van der Waals surface area contributed by atoms with E-state index in [1.54, 1.807) is 19.5 Å². The van der Waals surface area contributed by atoms with E-state index in [2.05, 4.69) is 31.2 Å². The fraction of sp³-hybridized carbons (Fsp3) is 0.167. The van der Waals surface area contributed by atoms with Crippen molar-refractivity contribution >= 4 is 21.6 Å². The summed E-state index contributed by atoms with van der Waals surface area (Å²) in [6.07, 6.45) is 5.09. The van der Waals surface area contributed by atoms with Gasteiger partial charge in [-0.2, -0.15) is 0 Å². The topological polar surface area (TPSA) is 47.0 Å².